The van der Waals surface area contributed by atoms with E-state index in [1.54, 1.807) is 0 Å². The maximum atomic E-state index is 4.07. The molecule has 1 N–H and O–H groups in total. The standard InChI is InChI=1S/C8H12N2/c1-6(2)4-8-5-7(3)9-10-8/h5H,1,4H2,2-3H3,(H,9,10). The molecular weight excluding hydrogens is 124 g/mol. The van der Waals surface area contributed by atoms with Gasteiger partial charge in [0, 0.05) is 12.1 Å². The molecule has 1 aromatic rings. The molecule has 10 heavy (non-hydrogen) atoms. The Morgan fingerprint density at radius 1 is 1.80 bits per heavy atom. The maximum absolute atomic E-state index is 4.07. The van der Waals surface area contributed by atoms with Crippen molar-refractivity contribution in [1.29, 1.82) is 0 Å². The normalized spacial score (nSPS) is 9.80. The minimum absolute atomic E-state index is 0.879. The molecule has 0 amide bonds. The van der Waals surface area contributed by atoms with Gasteiger partial charge in [-0.05, 0) is 19.9 Å². The Morgan fingerprint density at radius 3 is 2.90 bits per heavy atom. The van der Waals surface area contributed by atoms with Gasteiger partial charge in [0.25, 0.3) is 0 Å². The van der Waals surface area contributed by atoms with Gasteiger partial charge < -0.3 is 0 Å². The van der Waals surface area contributed by atoms with Gasteiger partial charge in [-0.2, -0.15) is 5.10 Å². The highest BCUT2D eigenvalue weighted by atomic mass is 15.1. The number of aromatic amines is 1. The van der Waals surface area contributed by atoms with Crippen molar-refractivity contribution < 1.29 is 0 Å². The average molecular weight is 136 g/mol. The van der Waals surface area contributed by atoms with E-state index in [0.29, 0.717) is 0 Å². The molecule has 0 aliphatic carbocycles. The summed E-state index contributed by atoms with van der Waals surface area (Å²) in [4.78, 5) is 0. The first kappa shape index (κ1) is 7.06. The van der Waals surface area contributed by atoms with Crippen molar-refractivity contribution in [1.82, 2.24) is 10.2 Å². The van der Waals surface area contributed by atoms with Gasteiger partial charge in [-0.3, -0.25) is 5.10 Å². The number of nitrogens with zero attached hydrogens (tertiary/aromatic N) is 1. The van der Waals surface area contributed by atoms with Crippen LogP contribution in [0.5, 0.6) is 0 Å². The highest BCUT2D eigenvalue weighted by Crippen LogP contribution is 2.03. The van der Waals surface area contributed by atoms with Gasteiger partial charge in [-0.1, -0.05) is 12.2 Å². The lowest BCUT2D eigenvalue weighted by Gasteiger charge is -1.90. The van der Waals surface area contributed by atoms with Crippen molar-refractivity contribution in [2.45, 2.75) is 20.3 Å². The Balaban J connectivity index is 2.67. The average Bonchev–Trinajstić information content (AvgIpc) is 2.13. The first-order valence-electron chi connectivity index (χ1n) is 3.34. The number of hydrogen-bond acceptors (Lipinski definition) is 1. The van der Waals surface area contributed by atoms with Crippen LogP contribution < -0.4 is 0 Å². The third kappa shape index (κ3) is 1.72. The van der Waals surface area contributed by atoms with Crippen LogP contribution in [0, 0.1) is 6.92 Å². The fraction of sp³-hybridized carbons (Fsp3) is 0.375. The van der Waals surface area contributed by atoms with E-state index in [1.165, 1.54) is 0 Å². The molecule has 0 aromatic carbocycles. The van der Waals surface area contributed by atoms with Crippen molar-refractivity contribution in [3.63, 3.8) is 0 Å². The summed E-state index contributed by atoms with van der Waals surface area (Å²) in [5.41, 5.74) is 3.33. The largest absolute Gasteiger partial charge is 0.283 e. The molecule has 0 radical (unpaired) electrons. The molecule has 2 nitrogen and oxygen atoms in total. The fourth-order valence-electron chi connectivity index (χ4n) is 0.874. The molecule has 2 heteroatoms. The van der Waals surface area contributed by atoms with Crippen LogP contribution in [0.1, 0.15) is 18.3 Å². The van der Waals surface area contributed by atoms with Gasteiger partial charge in [-0.25, -0.2) is 0 Å². The van der Waals surface area contributed by atoms with Crippen molar-refractivity contribution in [3.8, 4) is 0 Å². The molecule has 0 bridgehead atoms. The van der Waals surface area contributed by atoms with Crippen LogP contribution in [-0.2, 0) is 6.42 Å². The van der Waals surface area contributed by atoms with Gasteiger partial charge in [0.15, 0.2) is 0 Å². The topological polar surface area (TPSA) is 28.7 Å². The Labute approximate surface area is 61.0 Å². The van der Waals surface area contributed by atoms with Gasteiger partial charge in [0.2, 0.25) is 0 Å². The lowest BCUT2D eigenvalue weighted by Crippen LogP contribution is -1.84. The van der Waals surface area contributed by atoms with Crippen LogP contribution in [0.3, 0.4) is 0 Å². The summed E-state index contributed by atoms with van der Waals surface area (Å²) in [6.45, 7) is 7.80. The van der Waals surface area contributed by atoms with E-state index in [-0.39, 0.29) is 0 Å². The van der Waals surface area contributed by atoms with E-state index >= 15 is 0 Å². The smallest absolute Gasteiger partial charge is 0.0665 e. The molecule has 0 spiro atoms. The molecule has 54 valence electrons. The summed E-state index contributed by atoms with van der Waals surface area (Å²) >= 11 is 0. The van der Waals surface area contributed by atoms with Crippen LogP contribution in [0.4, 0.5) is 0 Å². The molecule has 0 aliphatic heterocycles. The van der Waals surface area contributed by atoms with Crippen molar-refractivity contribution in [2.75, 3.05) is 0 Å². The Morgan fingerprint density at radius 2 is 2.50 bits per heavy atom. The third-order valence-corrected chi connectivity index (χ3v) is 1.24. The van der Waals surface area contributed by atoms with E-state index in [9.17, 15) is 0 Å². The molecule has 0 atom stereocenters. The van der Waals surface area contributed by atoms with Crippen LogP contribution >= 0.6 is 0 Å². The molecular formula is C8H12N2. The highest BCUT2D eigenvalue weighted by Gasteiger charge is 1.95. The quantitative estimate of drug-likeness (QED) is 0.617. The fourth-order valence-corrected chi connectivity index (χ4v) is 0.874. The maximum Gasteiger partial charge on any atom is 0.0665 e. The Bertz CT molecular complexity index is 235. The third-order valence-electron chi connectivity index (χ3n) is 1.24. The van der Waals surface area contributed by atoms with Gasteiger partial charge in [0.1, 0.15) is 0 Å². The predicted octanol–water partition coefficient (Wildman–Crippen LogP) is 1.84. The zero-order chi connectivity index (χ0) is 7.56. The molecule has 1 heterocycles. The summed E-state index contributed by atoms with van der Waals surface area (Å²) in [5.74, 6) is 0. The second-order valence-corrected chi connectivity index (χ2v) is 2.68. The minimum Gasteiger partial charge on any atom is -0.283 e. The van der Waals surface area contributed by atoms with E-state index < -0.39 is 0 Å². The first-order valence-corrected chi connectivity index (χ1v) is 3.34. The van der Waals surface area contributed by atoms with Crippen molar-refractivity contribution in [2.24, 2.45) is 0 Å². The highest BCUT2D eigenvalue weighted by molar-refractivity contribution is 5.12. The number of aryl methyl sites for hydroxylation is 1. The van der Waals surface area contributed by atoms with Crippen LogP contribution in [-0.4, -0.2) is 10.2 Å². The molecule has 0 unspecified atom stereocenters. The Kier molecular flexibility index (Phi) is 1.90. The lowest BCUT2D eigenvalue weighted by atomic mass is 10.2. The van der Waals surface area contributed by atoms with E-state index in [1.807, 2.05) is 19.9 Å². The Hall–Kier alpha value is -1.05. The predicted molar refractivity (Wildman–Crippen MR) is 41.8 cm³/mol. The minimum atomic E-state index is 0.879. The number of nitrogens with one attached hydrogen (secondary N) is 1. The van der Waals surface area contributed by atoms with Gasteiger partial charge >= 0.3 is 0 Å². The monoisotopic (exact) mass is 136 g/mol. The van der Waals surface area contributed by atoms with Crippen LogP contribution in [0.15, 0.2) is 18.2 Å². The van der Waals surface area contributed by atoms with Crippen LogP contribution in [0.25, 0.3) is 0 Å². The number of H-pyrrole nitrogens is 1. The van der Waals surface area contributed by atoms with Crippen molar-refractivity contribution in [3.05, 3.63) is 29.6 Å². The summed E-state index contributed by atoms with van der Waals surface area (Å²) in [7, 11) is 0. The summed E-state index contributed by atoms with van der Waals surface area (Å²) in [5, 5.41) is 6.95. The molecule has 0 saturated carbocycles. The van der Waals surface area contributed by atoms with Gasteiger partial charge in [0.05, 0.1) is 5.69 Å². The molecule has 1 rings (SSSR count). The van der Waals surface area contributed by atoms with Gasteiger partial charge in [-0.15, -0.1) is 0 Å². The molecule has 0 saturated heterocycles. The number of hydrogen-bond donors (Lipinski definition) is 1. The molecule has 0 fully saturated rings. The lowest BCUT2D eigenvalue weighted by molar-refractivity contribution is 0.972. The van der Waals surface area contributed by atoms with Crippen LogP contribution in [0.2, 0.25) is 0 Å². The molecule has 1 aromatic heterocycles. The number of allylic oxidation sites excluding steroid dienone is 1. The van der Waals surface area contributed by atoms with E-state index in [4.69, 9.17) is 0 Å². The van der Waals surface area contributed by atoms with Crippen molar-refractivity contribution >= 4 is 0 Å². The van der Waals surface area contributed by atoms with E-state index in [0.717, 1.165) is 23.4 Å². The first-order chi connectivity index (χ1) is 4.68. The second-order valence-electron chi connectivity index (χ2n) is 2.68. The molecule has 0 aliphatic rings. The summed E-state index contributed by atoms with van der Waals surface area (Å²) < 4.78 is 0. The zero-order valence-electron chi connectivity index (χ0n) is 6.44. The number of rotatable bonds is 2. The number of aromatic nitrogens is 2. The zero-order valence-corrected chi connectivity index (χ0v) is 6.44. The second kappa shape index (κ2) is 2.69. The summed E-state index contributed by atoms with van der Waals surface area (Å²) in [6, 6.07) is 2.04. The summed E-state index contributed by atoms with van der Waals surface area (Å²) in [6.07, 6.45) is 0.879. The SMILES string of the molecule is C=C(C)Cc1cc(C)[nH]n1. The van der Waals surface area contributed by atoms with E-state index in [2.05, 4.69) is 16.8 Å².